The summed E-state index contributed by atoms with van der Waals surface area (Å²) in [5.41, 5.74) is -0.568. The smallest absolute Gasteiger partial charge is 0.407 e. The fourth-order valence-electron chi connectivity index (χ4n) is 1.91. The van der Waals surface area contributed by atoms with E-state index in [1.54, 1.807) is 20.8 Å². The van der Waals surface area contributed by atoms with Crippen LogP contribution >= 0.6 is 0 Å². The van der Waals surface area contributed by atoms with Gasteiger partial charge in [0.2, 0.25) is 5.78 Å². The fourth-order valence-corrected chi connectivity index (χ4v) is 1.91. The summed E-state index contributed by atoms with van der Waals surface area (Å²) in [6.07, 6.45) is -1.36. The highest BCUT2D eigenvalue weighted by Crippen LogP contribution is 2.33. The molecule has 0 spiro atoms. The van der Waals surface area contributed by atoms with Crippen LogP contribution in [0.5, 0.6) is 0 Å². The van der Waals surface area contributed by atoms with Crippen molar-refractivity contribution in [2.45, 2.75) is 51.0 Å². The number of rotatable bonds is 1. The van der Waals surface area contributed by atoms with Gasteiger partial charge in [0.05, 0.1) is 6.04 Å². The number of nitrogens with one attached hydrogen (secondary N) is 1. The van der Waals surface area contributed by atoms with E-state index in [0.29, 0.717) is 0 Å². The van der Waals surface area contributed by atoms with Crippen molar-refractivity contribution in [3.63, 3.8) is 0 Å². The third-order valence-electron chi connectivity index (χ3n) is 2.70. The molecule has 1 saturated carbocycles. The van der Waals surface area contributed by atoms with E-state index in [2.05, 4.69) is 10.5 Å². The Morgan fingerprint density at radius 3 is 2.78 bits per heavy atom. The molecule has 1 saturated heterocycles. The van der Waals surface area contributed by atoms with E-state index in [-0.39, 0.29) is 24.0 Å². The van der Waals surface area contributed by atoms with Crippen LogP contribution in [0.2, 0.25) is 0 Å². The number of hydrogen-bond acceptors (Lipinski definition) is 6. The molecule has 0 bridgehead atoms. The SMILES string of the molecule is CC(C)(C)OC(=O)N[C@@H]1C/C(=N/O)C(=O)[C@H]2O[C@H]21. The number of ketones is 1. The fraction of sp³-hybridized carbons (Fsp3) is 0.727. The molecular weight excluding hydrogens is 240 g/mol. The summed E-state index contributed by atoms with van der Waals surface area (Å²) in [6, 6.07) is -0.395. The molecule has 1 aliphatic carbocycles. The zero-order valence-electron chi connectivity index (χ0n) is 10.5. The van der Waals surface area contributed by atoms with Gasteiger partial charge >= 0.3 is 6.09 Å². The van der Waals surface area contributed by atoms with Gasteiger partial charge in [-0.15, -0.1) is 0 Å². The van der Waals surface area contributed by atoms with Gasteiger partial charge < -0.3 is 20.0 Å². The average molecular weight is 256 g/mol. The number of nitrogens with zero attached hydrogens (tertiary/aromatic N) is 1. The first kappa shape index (κ1) is 12.8. The first-order valence-corrected chi connectivity index (χ1v) is 5.72. The van der Waals surface area contributed by atoms with Gasteiger partial charge in [-0.05, 0) is 20.8 Å². The monoisotopic (exact) mass is 256 g/mol. The van der Waals surface area contributed by atoms with Crippen LogP contribution in [0.4, 0.5) is 4.79 Å². The normalized spacial score (nSPS) is 32.9. The summed E-state index contributed by atoms with van der Waals surface area (Å²) in [4.78, 5) is 23.1. The van der Waals surface area contributed by atoms with Crippen LogP contribution in [0.25, 0.3) is 0 Å². The first-order chi connectivity index (χ1) is 8.31. The Labute approximate surface area is 104 Å². The number of hydrogen-bond donors (Lipinski definition) is 2. The summed E-state index contributed by atoms with van der Waals surface area (Å²) < 4.78 is 10.3. The summed E-state index contributed by atoms with van der Waals surface area (Å²) in [5, 5.41) is 14.3. The van der Waals surface area contributed by atoms with Gasteiger partial charge in [-0.2, -0.15) is 0 Å². The average Bonchev–Trinajstić information content (AvgIpc) is 2.99. The molecule has 1 heterocycles. The molecule has 2 N–H and O–H groups in total. The number of alkyl carbamates (subject to hydrolysis) is 1. The van der Waals surface area contributed by atoms with Crippen molar-refractivity contribution < 1.29 is 24.3 Å². The van der Waals surface area contributed by atoms with E-state index in [9.17, 15) is 9.59 Å². The van der Waals surface area contributed by atoms with Crippen LogP contribution in [0.15, 0.2) is 5.16 Å². The summed E-state index contributed by atoms with van der Waals surface area (Å²) in [5.74, 6) is -0.315. The number of epoxide rings is 1. The number of Topliss-reactive ketones (excluding diaryl/α,β-unsaturated/α-hetero) is 1. The lowest BCUT2D eigenvalue weighted by Gasteiger charge is -2.24. The minimum Gasteiger partial charge on any atom is -0.444 e. The van der Waals surface area contributed by atoms with Crippen LogP contribution in [-0.2, 0) is 14.3 Å². The van der Waals surface area contributed by atoms with E-state index in [4.69, 9.17) is 14.7 Å². The van der Waals surface area contributed by atoms with Crippen molar-refractivity contribution in [3.8, 4) is 0 Å². The maximum absolute atomic E-state index is 11.6. The number of carbonyl (C=O) groups excluding carboxylic acids is 2. The van der Waals surface area contributed by atoms with E-state index < -0.39 is 23.8 Å². The van der Waals surface area contributed by atoms with E-state index in [1.165, 1.54) is 0 Å². The summed E-state index contributed by atoms with van der Waals surface area (Å²) in [7, 11) is 0. The first-order valence-electron chi connectivity index (χ1n) is 5.72. The molecular formula is C11H16N2O5. The van der Waals surface area contributed by atoms with Crippen LogP contribution in [0.1, 0.15) is 27.2 Å². The topological polar surface area (TPSA) is 101 Å². The molecule has 0 unspecified atom stereocenters. The number of ether oxygens (including phenoxy) is 2. The molecule has 100 valence electrons. The van der Waals surface area contributed by atoms with Gasteiger partial charge in [0.15, 0.2) is 6.10 Å². The molecule has 18 heavy (non-hydrogen) atoms. The molecule has 0 aromatic rings. The summed E-state index contributed by atoms with van der Waals surface area (Å²) >= 11 is 0. The van der Waals surface area contributed by atoms with E-state index in [0.717, 1.165) is 0 Å². The second kappa shape index (κ2) is 4.24. The van der Waals surface area contributed by atoms with Gasteiger partial charge in [-0.25, -0.2) is 4.79 Å². The van der Waals surface area contributed by atoms with E-state index >= 15 is 0 Å². The molecule has 2 fully saturated rings. The van der Waals surface area contributed by atoms with Gasteiger partial charge in [-0.1, -0.05) is 5.16 Å². The quantitative estimate of drug-likeness (QED) is 0.403. The minimum absolute atomic E-state index is 0.0230. The van der Waals surface area contributed by atoms with Crippen LogP contribution in [0.3, 0.4) is 0 Å². The highest BCUT2D eigenvalue weighted by Gasteiger charge is 2.56. The Morgan fingerprint density at radius 2 is 2.22 bits per heavy atom. The Balaban J connectivity index is 1.95. The van der Waals surface area contributed by atoms with E-state index in [1.807, 2.05) is 0 Å². The number of fused-ring (bicyclic) bond motifs is 1. The van der Waals surface area contributed by atoms with Crippen molar-refractivity contribution in [1.82, 2.24) is 5.32 Å². The number of carbonyl (C=O) groups is 2. The third-order valence-corrected chi connectivity index (χ3v) is 2.70. The molecule has 0 radical (unpaired) electrons. The van der Waals surface area contributed by atoms with Crippen molar-refractivity contribution in [2.24, 2.45) is 5.16 Å². The standard InChI is InChI=1S/C11H16N2O5/c1-11(2,3)18-10(15)12-6-4-5(13-16)7(14)9-8(6)17-9/h6,8-9,16H,4H2,1-3H3,(H,12,15)/b13-5-/t6-,8+,9-/m1/s1. The molecule has 1 amide bonds. The zero-order valence-corrected chi connectivity index (χ0v) is 10.5. The molecule has 0 aromatic carbocycles. The molecule has 0 aromatic heterocycles. The number of oxime groups is 1. The predicted molar refractivity (Wildman–Crippen MR) is 60.7 cm³/mol. The maximum atomic E-state index is 11.6. The van der Waals surface area contributed by atoms with Gasteiger partial charge in [0, 0.05) is 6.42 Å². The van der Waals surface area contributed by atoms with Crippen molar-refractivity contribution in [1.29, 1.82) is 0 Å². The Bertz CT molecular complexity index is 412. The van der Waals surface area contributed by atoms with Crippen molar-refractivity contribution in [3.05, 3.63) is 0 Å². The minimum atomic E-state index is -0.593. The number of amides is 1. The molecule has 1 aliphatic heterocycles. The van der Waals surface area contributed by atoms with Crippen molar-refractivity contribution >= 4 is 17.6 Å². The van der Waals surface area contributed by atoms with Gasteiger partial charge in [0.25, 0.3) is 0 Å². The second-order valence-corrected chi connectivity index (χ2v) is 5.39. The Kier molecular flexibility index (Phi) is 3.02. The highest BCUT2D eigenvalue weighted by molar-refractivity contribution is 6.43. The van der Waals surface area contributed by atoms with Crippen molar-refractivity contribution in [2.75, 3.05) is 0 Å². The zero-order chi connectivity index (χ0) is 13.5. The van der Waals surface area contributed by atoms with Crippen LogP contribution in [0, 0.1) is 0 Å². The molecule has 2 rings (SSSR count). The predicted octanol–water partition coefficient (Wildman–Crippen LogP) is 0.450. The molecule has 3 atom stereocenters. The maximum Gasteiger partial charge on any atom is 0.407 e. The lowest BCUT2D eigenvalue weighted by molar-refractivity contribution is -0.114. The highest BCUT2D eigenvalue weighted by atomic mass is 16.6. The second-order valence-electron chi connectivity index (χ2n) is 5.39. The van der Waals surface area contributed by atoms with Gasteiger partial charge in [-0.3, -0.25) is 4.79 Å². The Morgan fingerprint density at radius 1 is 1.56 bits per heavy atom. The molecule has 2 aliphatic rings. The largest absolute Gasteiger partial charge is 0.444 e. The molecule has 7 heteroatoms. The van der Waals surface area contributed by atoms with Crippen LogP contribution in [-0.4, -0.2) is 46.6 Å². The lowest BCUT2D eigenvalue weighted by Crippen LogP contribution is -2.48. The van der Waals surface area contributed by atoms with Crippen LogP contribution < -0.4 is 5.32 Å². The summed E-state index contributed by atoms with van der Waals surface area (Å²) in [6.45, 7) is 5.27. The third kappa shape index (κ3) is 2.61. The molecule has 7 nitrogen and oxygen atoms in total. The Hall–Kier alpha value is -1.63. The lowest BCUT2D eigenvalue weighted by atomic mass is 9.93. The van der Waals surface area contributed by atoms with Gasteiger partial charge in [0.1, 0.15) is 17.4 Å².